The van der Waals surface area contributed by atoms with Crippen molar-refractivity contribution in [1.29, 1.82) is 0 Å². The average Bonchev–Trinajstić information content (AvgIpc) is 2.81. The fourth-order valence-electron chi connectivity index (χ4n) is 2.66. The highest BCUT2D eigenvalue weighted by Gasteiger charge is 2.21. The van der Waals surface area contributed by atoms with E-state index < -0.39 is 0 Å². The molecule has 1 aromatic rings. The molecule has 0 aliphatic carbocycles. The van der Waals surface area contributed by atoms with E-state index >= 15 is 0 Å². The summed E-state index contributed by atoms with van der Waals surface area (Å²) in [5.41, 5.74) is 1.95. The second kappa shape index (κ2) is 7.42. The molecule has 0 atom stereocenters. The molecular weight excluding hydrogens is 282 g/mol. The SMILES string of the molecule is Cc1cc(C)n(CCC(=O)OCC(=O)N2CCC(C)CC2)n1. The van der Waals surface area contributed by atoms with Gasteiger partial charge >= 0.3 is 5.97 Å². The number of aryl methyl sites for hydroxylation is 3. The first-order valence-corrected chi connectivity index (χ1v) is 7.90. The maximum Gasteiger partial charge on any atom is 0.308 e. The Morgan fingerprint density at radius 1 is 1.32 bits per heavy atom. The highest BCUT2D eigenvalue weighted by Crippen LogP contribution is 2.15. The molecule has 0 unspecified atom stereocenters. The third-order valence-electron chi connectivity index (χ3n) is 4.12. The molecule has 0 aromatic carbocycles. The first-order valence-electron chi connectivity index (χ1n) is 7.90. The van der Waals surface area contributed by atoms with Gasteiger partial charge in [0, 0.05) is 18.8 Å². The van der Waals surface area contributed by atoms with Crippen molar-refractivity contribution in [2.24, 2.45) is 5.92 Å². The fraction of sp³-hybridized carbons (Fsp3) is 0.688. The van der Waals surface area contributed by atoms with Crippen LogP contribution in [0.25, 0.3) is 0 Å². The Balaban J connectivity index is 1.69. The Hall–Kier alpha value is -1.85. The standard InChI is InChI=1S/C16H25N3O3/c1-12-4-7-18(8-5-12)15(20)11-22-16(21)6-9-19-14(3)10-13(2)17-19/h10,12H,4-9,11H2,1-3H3. The van der Waals surface area contributed by atoms with Gasteiger partial charge in [-0.2, -0.15) is 5.10 Å². The van der Waals surface area contributed by atoms with E-state index in [-0.39, 0.29) is 24.9 Å². The lowest BCUT2D eigenvalue weighted by atomic mass is 9.99. The number of piperidine rings is 1. The molecule has 1 aliphatic rings. The largest absolute Gasteiger partial charge is 0.456 e. The molecule has 0 spiro atoms. The maximum absolute atomic E-state index is 12.0. The molecule has 6 nitrogen and oxygen atoms in total. The fourth-order valence-corrected chi connectivity index (χ4v) is 2.66. The number of ether oxygens (including phenoxy) is 1. The van der Waals surface area contributed by atoms with Crippen LogP contribution in [0.4, 0.5) is 0 Å². The molecule has 2 heterocycles. The second-order valence-corrected chi connectivity index (χ2v) is 6.12. The van der Waals surface area contributed by atoms with Gasteiger partial charge in [0.2, 0.25) is 0 Å². The predicted octanol–water partition coefficient (Wildman–Crippen LogP) is 1.69. The number of hydrogen-bond donors (Lipinski definition) is 0. The van der Waals surface area contributed by atoms with Crippen LogP contribution in [-0.2, 0) is 20.9 Å². The zero-order valence-electron chi connectivity index (χ0n) is 13.7. The third-order valence-corrected chi connectivity index (χ3v) is 4.12. The highest BCUT2D eigenvalue weighted by molar-refractivity contribution is 5.80. The molecule has 2 rings (SSSR count). The molecule has 1 aliphatic heterocycles. The smallest absolute Gasteiger partial charge is 0.308 e. The van der Waals surface area contributed by atoms with Crippen LogP contribution in [0.5, 0.6) is 0 Å². The molecule has 6 heteroatoms. The first kappa shape index (κ1) is 16.5. The molecular formula is C16H25N3O3. The van der Waals surface area contributed by atoms with Crippen LogP contribution in [0.15, 0.2) is 6.07 Å². The van der Waals surface area contributed by atoms with Crippen LogP contribution >= 0.6 is 0 Å². The number of carbonyl (C=O) groups excluding carboxylic acids is 2. The number of nitrogens with zero attached hydrogens (tertiary/aromatic N) is 3. The molecule has 122 valence electrons. The first-order chi connectivity index (χ1) is 10.5. The topological polar surface area (TPSA) is 64.4 Å². The lowest BCUT2D eigenvalue weighted by molar-refractivity contribution is -0.152. The zero-order valence-corrected chi connectivity index (χ0v) is 13.7. The highest BCUT2D eigenvalue weighted by atomic mass is 16.5. The van der Waals surface area contributed by atoms with Crippen molar-refractivity contribution < 1.29 is 14.3 Å². The number of carbonyl (C=O) groups is 2. The maximum atomic E-state index is 12.0. The van der Waals surface area contributed by atoms with Gasteiger partial charge in [-0.1, -0.05) is 6.92 Å². The van der Waals surface area contributed by atoms with E-state index in [1.807, 2.05) is 19.9 Å². The van der Waals surface area contributed by atoms with Crippen molar-refractivity contribution in [3.05, 3.63) is 17.5 Å². The van der Waals surface area contributed by atoms with Gasteiger partial charge in [0.15, 0.2) is 6.61 Å². The number of rotatable bonds is 5. The van der Waals surface area contributed by atoms with E-state index in [4.69, 9.17) is 4.74 Å². The molecule has 0 radical (unpaired) electrons. The summed E-state index contributed by atoms with van der Waals surface area (Å²) in [4.78, 5) is 25.5. The third kappa shape index (κ3) is 4.58. The summed E-state index contributed by atoms with van der Waals surface area (Å²) in [6, 6.07) is 1.96. The van der Waals surface area contributed by atoms with Gasteiger partial charge in [-0.25, -0.2) is 0 Å². The lowest BCUT2D eigenvalue weighted by Crippen LogP contribution is -2.40. The molecule has 1 aromatic heterocycles. The van der Waals surface area contributed by atoms with Gasteiger partial charge in [-0.3, -0.25) is 14.3 Å². The summed E-state index contributed by atoms with van der Waals surface area (Å²) in [6.07, 6.45) is 2.28. The van der Waals surface area contributed by atoms with Gasteiger partial charge in [0.1, 0.15) is 0 Å². The summed E-state index contributed by atoms with van der Waals surface area (Å²) < 4.78 is 6.86. The molecule has 1 amide bonds. The number of amides is 1. The number of likely N-dealkylation sites (tertiary alicyclic amines) is 1. The van der Waals surface area contributed by atoms with Crippen LogP contribution in [0, 0.1) is 19.8 Å². The summed E-state index contributed by atoms with van der Waals surface area (Å²) in [5.74, 6) is 0.227. The van der Waals surface area contributed by atoms with E-state index in [1.54, 1.807) is 9.58 Å². The number of aromatic nitrogens is 2. The zero-order chi connectivity index (χ0) is 16.1. The normalized spacial score (nSPS) is 15.9. The van der Waals surface area contributed by atoms with Crippen LogP contribution in [0.1, 0.15) is 37.6 Å². The summed E-state index contributed by atoms with van der Waals surface area (Å²) in [6.45, 7) is 7.93. The van der Waals surface area contributed by atoms with E-state index in [9.17, 15) is 9.59 Å². The van der Waals surface area contributed by atoms with Gasteiger partial charge in [-0.05, 0) is 38.7 Å². The van der Waals surface area contributed by atoms with Crippen LogP contribution < -0.4 is 0 Å². The molecule has 0 N–H and O–H groups in total. The van der Waals surface area contributed by atoms with E-state index in [0.29, 0.717) is 12.5 Å². The minimum atomic E-state index is -0.355. The van der Waals surface area contributed by atoms with Crippen molar-refractivity contribution in [2.45, 2.75) is 46.6 Å². The Morgan fingerprint density at radius 3 is 2.59 bits per heavy atom. The lowest BCUT2D eigenvalue weighted by Gasteiger charge is -2.30. The Bertz CT molecular complexity index is 531. The minimum absolute atomic E-state index is 0.0913. The average molecular weight is 307 g/mol. The molecule has 0 saturated carbocycles. The number of esters is 1. The Labute approximate surface area is 131 Å². The van der Waals surface area contributed by atoms with Crippen LogP contribution in [0.3, 0.4) is 0 Å². The Morgan fingerprint density at radius 2 is 2.00 bits per heavy atom. The van der Waals surface area contributed by atoms with Gasteiger partial charge in [0.05, 0.1) is 18.7 Å². The van der Waals surface area contributed by atoms with Gasteiger partial charge in [0.25, 0.3) is 5.91 Å². The molecule has 0 bridgehead atoms. The number of hydrogen-bond acceptors (Lipinski definition) is 4. The van der Waals surface area contributed by atoms with E-state index in [2.05, 4.69) is 12.0 Å². The molecule has 1 saturated heterocycles. The van der Waals surface area contributed by atoms with Crippen molar-refractivity contribution in [3.63, 3.8) is 0 Å². The van der Waals surface area contributed by atoms with Crippen LogP contribution in [0.2, 0.25) is 0 Å². The van der Waals surface area contributed by atoms with Crippen molar-refractivity contribution in [3.8, 4) is 0 Å². The minimum Gasteiger partial charge on any atom is -0.456 e. The second-order valence-electron chi connectivity index (χ2n) is 6.12. The summed E-state index contributed by atoms with van der Waals surface area (Å²) in [7, 11) is 0. The van der Waals surface area contributed by atoms with Crippen molar-refractivity contribution in [2.75, 3.05) is 19.7 Å². The summed E-state index contributed by atoms with van der Waals surface area (Å²) >= 11 is 0. The van der Waals surface area contributed by atoms with E-state index in [0.717, 1.165) is 37.3 Å². The monoisotopic (exact) mass is 307 g/mol. The summed E-state index contributed by atoms with van der Waals surface area (Å²) in [5, 5.41) is 4.29. The quantitative estimate of drug-likeness (QED) is 0.777. The molecule has 22 heavy (non-hydrogen) atoms. The van der Waals surface area contributed by atoms with Crippen LogP contribution in [-0.4, -0.2) is 46.3 Å². The van der Waals surface area contributed by atoms with Crippen molar-refractivity contribution in [1.82, 2.24) is 14.7 Å². The Kier molecular flexibility index (Phi) is 5.57. The van der Waals surface area contributed by atoms with E-state index in [1.165, 1.54) is 0 Å². The molecule has 1 fully saturated rings. The predicted molar refractivity (Wildman–Crippen MR) is 82.3 cm³/mol. The van der Waals surface area contributed by atoms with Crippen molar-refractivity contribution >= 4 is 11.9 Å². The van der Waals surface area contributed by atoms with Gasteiger partial charge in [-0.15, -0.1) is 0 Å². The van der Waals surface area contributed by atoms with Gasteiger partial charge < -0.3 is 9.64 Å².